The van der Waals surface area contributed by atoms with Crippen molar-refractivity contribution in [1.29, 1.82) is 0 Å². The van der Waals surface area contributed by atoms with Gasteiger partial charge in [0, 0.05) is 18.5 Å². The van der Waals surface area contributed by atoms with Crippen LogP contribution in [-0.4, -0.2) is 65.0 Å². The molecule has 0 bridgehead atoms. The van der Waals surface area contributed by atoms with Crippen molar-refractivity contribution >= 4 is 23.9 Å². The third-order valence-corrected chi connectivity index (χ3v) is 7.84. The second-order valence-electron chi connectivity index (χ2n) is 10.8. The molecule has 40 heavy (non-hydrogen) atoms. The molecule has 0 radical (unpaired) electrons. The van der Waals surface area contributed by atoms with Gasteiger partial charge >= 0.3 is 12.1 Å². The average Bonchev–Trinajstić information content (AvgIpc) is 3.35. The lowest BCUT2D eigenvalue weighted by molar-refractivity contribution is -0.144. The fourth-order valence-electron chi connectivity index (χ4n) is 5.48. The standard InChI is InChI=1S/C29H39FN4O6/c1-2-39-28(37)21-13-18(21)9-6-4-3-5-7-12-24(31)27(36)34-16-20(14-25(34)26(32)35)40-29(38)33-15-19-10-8-11-23(30)22(19)17-33/h6,8-11,18,20-21,24-25H,2-5,7,12-17,31H2,1H3,(H2,32,35)/b9-6-/t18-,20-,21+,24+,25+/m1/s1. The number of amides is 3. The van der Waals surface area contributed by atoms with Crippen LogP contribution < -0.4 is 11.5 Å². The summed E-state index contributed by atoms with van der Waals surface area (Å²) < 4.78 is 24.7. The Kier molecular flexibility index (Phi) is 9.78. The number of benzene rings is 1. The van der Waals surface area contributed by atoms with Crippen LogP contribution in [0.1, 0.15) is 63.0 Å². The number of nitrogens with zero attached hydrogens (tertiary/aromatic N) is 2. The summed E-state index contributed by atoms with van der Waals surface area (Å²) >= 11 is 0. The number of carbonyl (C=O) groups is 4. The van der Waals surface area contributed by atoms with E-state index in [9.17, 15) is 23.6 Å². The van der Waals surface area contributed by atoms with Crippen molar-refractivity contribution in [3.8, 4) is 0 Å². The molecule has 3 amide bonds. The average molecular weight is 559 g/mol. The predicted molar refractivity (Wildman–Crippen MR) is 144 cm³/mol. The quantitative estimate of drug-likeness (QED) is 0.228. The molecule has 5 atom stereocenters. The Morgan fingerprint density at radius 1 is 1.15 bits per heavy atom. The summed E-state index contributed by atoms with van der Waals surface area (Å²) in [4.78, 5) is 52.3. The van der Waals surface area contributed by atoms with Crippen LogP contribution in [0.4, 0.5) is 9.18 Å². The van der Waals surface area contributed by atoms with Crippen LogP contribution in [0.5, 0.6) is 0 Å². The van der Waals surface area contributed by atoms with Gasteiger partial charge in [-0.2, -0.15) is 0 Å². The van der Waals surface area contributed by atoms with Crippen LogP contribution in [-0.2, 0) is 36.9 Å². The lowest BCUT2D eigenvalue weighted by atomic mass is 10.1. The normalized spacial score (nSPS) is 24.2. The molecule has 4 N–H and O–H groups in total. The van der Waals surface area contributed by atoms with Gasteiger partial charge in [-0.25, -0.2) is 9.18 Å². The van der Waals surface area contributed by atoms with Crippen molar-refractivity contribution in [3.63, 3.8) is 0 Å². The number of allylic oxidation sites excluding steroid dienone is 2. The lowest BCUT2D eigenvalue weighted by Crippen LogP contribution is -2.50. The Morgan fingerprint density at radius 2 is 1.95 bits per heavy atom. The van der Waals surface area contributed by atoms with Crippen molar-refractivity contribution in [2.45, 2.75) is 83.1 Å². The number of nitrogens with two attached hydrogens (primary N) is 2. The summed E-state index contributed by atoms with van der Waals surface area (Å²) in [6.07, 6.45) is 7.68. The smallest absolute Gasteiger partial charge is 0.410 e. The molecule has 218 valence electrons. The molecule has 10 nitrogen and oxygen atoms in total. The van der Waals surface area contributed by atoms with Gasteiger partial charge in [-0.05, 0) is 50.2 Å². The number of esters is 1. The fraction of sp³-hybridized carbons (Fsp3) is 0.586. The van der Waals surface area contributed by atoms with E-state index in [0.717, 1.165) is 37.7 Å². The molecule has 1 aromatic rings. The first-order valence-corrected chi connectivity index (χ1v) is 14.1. The molecule has 2 aliphatic heterocycles. The van der Waals surface area contributed by atoms with Gasteiger partial charge in [-0.1, -0.05) is 37.1 Å². The first kappa shape index (κ1) is 29.5. The zero-order valence-corrected chi connectivity index (χ0v) is 22.9. The second-order valence-corrected chi connectivity index (χ2v) is 10.8. The summed E-state index contributed by atoms with van der Waals surface area (Å²) in [5.41, 5.74) is 12.9. The maximum atomic E-state index is 14.0. The number of primary amides is 1. The van der Waals surface area contributed by atoms with E-state index in [0.29, 0.717) is 18.6 Å². The Hall–Kier alpha value is -3.47. The van der Waals surface area contributed by atoms with Crippen molar-refractivity contribution in [1.82, 2.24) is 9.80 Å². The van der Waals surface area contributed by atoms with Crippen LogP contribution in [0.2, 0.25) is 0 Å². The van der Waals surface area contributed by atoms with E-state index in [1.54, 1.807) is 19.1 Å². The molecule has 1 saturated carbocycles. The van der Waals surface area contributed by atoms with Crippen molar-refractivity contribution in [3.05, 3.63) is 47.3 Å². The maximum absolute atomic E-state index is 14.0. The Balaban J connectivity index is 1.17. The van der Waals surface area contributed by atoms with Crippen molar-refractivity contribution in [2.75, 3.05) is 13.2 Å². The van der Waals surface area contributed by atoms with Gasteiger partial charge < -0.3 is 25.8 Å². The minimum Gasteiger partial charge on any atom is -0.466 e. The number of halogens is 1. The molecule has 2 heterocycles. The molecule has 1 aliphatic carbocycles. The molecule has 1 aromatic carbocycles. The Labute approximate surface area is 233 Å². The van der Waals surface area contributed by atoms with Gasteiger partial charge in [-0.3, -0.25) is 19.3 Å². The summed E-state index contributed by atoms with van der Waals surface area (Å²) in [5.74, 6) is -1.28. The first-order chi connectivity index (χ1) is 19.2. The van der Waals surface area contributed by atoms with Gasteiger partial charge in [0.2, 0.25) is 11.8 Å². The predicted octanol–water partition coefficient (Wildman–Crippen LogP) is 2.77. The lowest BCUT2D eigenvalue weighted by Gasteiger charge is -2.25. The number of unbranched alkanes of at least 4 members (excludes halogenated alkanes) is 3. The molecule has 0 aromatic heterocycles. The molecule has 4 rings (SSSR count). The van der Waals surface area contributed by atoms with Gasteiger partial charge in [0.1, 0.15) is 18.0 Å². The van der Waals surface area contributed by atoms with E-state index in [2.05, 4.69) is 12.2 Å². The number of carbonyl (C=O) groups excluding carboxylic acids is 4. The van der Waals surface area contributed by atoms with Crippen molar-refractivity contribution in [2.24, 2.45) is 23.3 Å². The number of ether oxygens (including phenoxy) is 2. The van der Waals surface area contributed by atoms with Crippen LogP contribution in [0.25, 0.3) is 0 Å². The topological polar surface area (TPSA) is 145 Å². The largest absolute Gasteiger partial charge is 0.466 e. The van der Waals surface area contributed by atoms with Gasteiger partial charge in [-0.15, -0.1) is 0 Å². The third kappa shape index (κ3) is 7.18. The zero-order chi connectivity index (χ0) is 28.8. The molecule has 0 unspecified atom stereocenters. The van der Waals surface area contributed by atoms with E-state index >= 15 is 0 Å². The first-order valence-electron chi connectivity index (χ1n) is 14.1. The highest BCUT2D eigenvalue weighted by molar-refractivity contribution is 5.89. The van der Waals surface area contributed by atoms with Crippen molar-refractivity contribution < 1.29 is 33.0 Å². The van der Waals surface area contributed by atoms with E-state index in [1.165, 1.54) is 15.9 Å². The maximum Gasteiger partial charge on any atom is 0.410 e. The summed E-state index contributed by atoms with van der Waals surface area (Å²) in [6, 6.07) is 3.01. The van der Waals surface area contributed by atoms with E-state index in [1.807, 2.05) is 0 Å². The highest BCUT2D eigenvalue weighted by Gasteiger charge is 2.43. The SMILES string of the molecule is CCOC(=O)[C@H]1C[C@H]1/C=C\CCCCC[C@H](N)C(=O)N1C[C@H](OC(=O)N2Cc3cccc(F)c3C2)C[C@H]1C(N)=O. The number of hydrogen-bond donors (Lipinski definition) is 2. The molecular formula is C29H39FN4O6. The molecule has 0 spiro atoms. The minimum absolute atomic E-state index is 0.0000679. The molecular weight excluding hydrogens is 519 g/mol. The monoisotopic (exact) mass is 558 g/mol. The van der Waals surface area contributed by atoms with Gasteiger partial charge in [0.25, 0.3) is 0 Å². The van der Waals surface area contributed by atoms with E-state index in [4.69, 9.17) is 20.9 Å². The van der Waals surface area contributed by atoms with Crippen LogP contribution >= 0.6 is 0 Å². The van der Waals surface area contributed by atoms with Gasteiger partial charge in [0.05, 0.1) is 31.7 Å². The number of hydrogen-bond acceptors (Lipinski definition) is 7. The Bertz CT molecular complexity index is 1140. The van der Waals surface area contributed by atoms with E-state index < -0.39 is 36.1 Å². The van der Waals surface area contributed by atoms with Crippen LogP contribution in [0.15, 0.2) is 30.4 Å². The number of fused-ring (bicyclic) bond motifs is 1. The highest BCUT2D eigenvalue weighted by atomic mass is 19.1. The minimum atomic E-state index is -0.907. The second kappa shape index (κ2) is 13.3. The zero-order valence-electron chi connectivity index (χ0n) is 22.9. The van der Waals surface area contributed by atoms with Crippen LogP contribution in [0, 0.1) is 17.7 Å². The highest BCUT2D eigenvalue weighted by Crippen LogP contribution is 2.40. The molecule has 3 aliphatic rings. The Morgan fingerprint density at radius 3 is 2.67 bits per heavy atom. The summed E-state index contributed by atoms with van der Waals surface area (Å²) in [7, 11) is 0. The fourth-order valence-corrected chi connectivity index (χ4v) is 5.48. The molecule has 1 saturated heterocycles. The molecule has 2 fully saturated rings. The summed E-state index contributed by atoms with van der Waals surface area (Å²) in [5, 5.41) is 0. The third-order valence-electron chi connectivity index (χ3n) is 7.84. The van der Waals surface area contributed by atoms with Gasteiger partial charge in [0.15, 0.2) is 0 Å². The molecule has 11 heteroatoms. The number of likely N-dealkylation sites (tertiary alicyclic amines) is 1. The van der Waals surface area contributed by atoms with Crippen LogP contribution in [0.3, 0.4) is 0 Å². The summed E-state index contributed by atoms with van der Waals surface area (Å²) in [6.45, 7) is 2.57. The van der Waals surface area contributed by atoms with E-state index in [-0.39, 0.29) is 49.7 Å². The number of rotatable bonds is 12.